The van der Waals surface area contributed by atoms with Gasteiger partial charge in [-0.1, -0.05) is 202 Å². The summed E-state index contributed by atoms with van der Waals surface area (Å²) in [6, 6.07) is 67.2. The lowest BCUT2D eigenvalue weighted by Crippen LogP contribution is -2.14. The molecule has 3 heteroatoms. The highest BCUT2D eigenvalue weighted by Crippen LogP contribution is 2.52. The van der Waals surface area contributed by atoms with Crippen molar-refractivity contribution >= 4 is 32.3 Å². The number of fused-ring (bicyclic) bond motifs is 7. The molecule has 0 radical (unpaired) electrons. The molecule has 57 heavy (non-hydrogen) atoms. The maximum Gasteiger partial charge on any atom is 0.165 e. The molecule has 0 spiro atoms. The minimum Gasteiger partial charge on any atom is -0.208 e. The summed E-state index contributed by atoms with van der Waals surface area (Å²) < 4.78 is 0. The lowest BCUT2D eigenvalue weighted by Gasteiger charge is -2.21. The Morgan fingerprint density at radius 3 is 1.63 bits per heavy atom. The Labute approximate surface area is 332 Å². The van der Waals surface area contributed by atoms with E-state index in [0.717, 1.165) is 38.4 Å². The molecule has 0 amide bonds. The van der Waals surface area contributed by atoms with Gasteiger partial charge >= 0.3 is 0 Å². The van der Waals surface area contributed by atoms with Crippen molar-refractivity contribution in [3.8, 4) is 67.5 Å². The third kappa shape index (κ3) is 5.23. The van der Waals surface area contributed by atoms with E-state index in [4.69, 9.17) is 15.0 Å². The molecule has 0 atom stereocenters. The molecule has 0 bridgehead atoms. The molecule has 268 valence electrons. The van der Waals surface area contributed by atoms with Crippen molar-refractivity contribution in [3.05, 3.63) is 199 Å². The molecule has 1 aliphatic carbocycles. The maximum atomic E-state index is 5.52. The summed E-state index contributed by atoms with van der Waals surface area (Å²) in [6.07, 6.45) is 0. The average molecular weight is 728 g/mol. The van der Waals surface area contributed by atoms with E-state index in [9.17, 15) is 0 Å². The molecular weight excluding hydrogens is 691 g/mol. The van der Waals surface area contributed by atoms with Crippen LogP contribution in [0.3, 0.4) is 0 Å². The van der Waals surface area contributed by atoms with Crippen molar-refractivity contribution in [2.24, 2.45) is 0 Å². The van der Waals surface area contributed by atoms with Crippen molar-refractivity contribution < 1.29 is 0 Å². The first-order valence-electron chi connectivity index (χ1n) is 19.6. The summed E-state index contributed by atoms with van der Waals surface area (Å²) in [6.45, 7) is 4.63. The van der Waals surface area contributed by atoms with Gasteiger partial charge in [0.15, 0.2) is 17.5 Å². The quantitative estimate of drug-likeness (QED) is 0.131. The second kappa shape index (κ2) is 12.9. The molecule has 1 heterocycles. The van der Waals surface area contributed by atoms with E-state index in [2.05, 4.69) is 196 Å². The molecule has 0 N–H and O–H groups in total. The molecule has 0 saturated heterocycles. The van der Waals surface area contributed by atoms with Gasteiger partial charge in [-0.25, -0.2) is 15.0 Å². The highest BCUT2D eigenvalue weighted by atomic mass is 15.0. The predicted octanol–water partition coefficient (Wildman–Crippen LogP) is 14.0. The van der Waals surface area contributed by atoms with Crippen LogP contribution in [-0.2, 0) is 5.41 Å². The number of hydrogen-bond donors (Lipinski definition) is 0. The van der Waals surface area contributed by atoms with E-state index in [1.54, 1.807) is 0 Å². The Bertz CT molecular complexity index is 3180. The van der Waals surface area contributed by atoms with Crippen LogP contribution in [0, 0.1) is 0 Å². The van der Waals surface area contributed by atoms with E-state index in [1.807, 2.05) is 6.07 Å². The van der Waals surface area contributed by atoms with Gasteiger partial charge in [0.05, 0.1) is 0 Å². The van der Waals surface area contributed by atoms with Gasteiger partial charge in [-0.05, 0) is 76.8 Å². The smallest absolute Gasteiger partial charge is 0.165 e. The van der Waals surface area contributed by atoms with Gasteiger partial charge in [0.25, 0.3) is 0 Å². The monoisotopic (exact) mass is 727 g/mol. The van der Waals surface area contributed by atoms with E-state index in [1.165, 1.54) is 55.1 Å². The van der Waals surface area contributed by atoms with Crippen LogP contribution in [-0.4, -0.2) is 15.0 Å². The normalized spacial score (nSPS) is 12.9. The molecule has 0 unspecified atom stereocenters. The molecule has 9 aromatic carbocycles. The van der Waals surface area contributed by atoms with E-state index in [0.29, 0.717) is 17.5 Å². The predicted molar refractivity (Wildman–Crippen MR) is 237 cm³/mol. The van der Waals surface area contributed by atoms with Gasteiger partial charge in [0, 0.05) is 22.1 Å². The molecule has 1 aliphatic rings. The number of hydrogen-bond acceptors (Lipinski definition) is 3. The molecule has 11 rings (SSSR count). The van der Waals surface area contributed by atoms with Gasteiger partial charge in [-0.2, -0.15) is 0 Å². The fourth-order valence-electron chi connectivity index (χ4n) is 9.21. The van der Waals surface area contributed by atoms with Crippen molar-refractivity contribution in [2.75, 3.05) is 0 Å². The summed E-state index contributed by atoms with van der Waals surface area (Å²) in [7, 11) is 0. The molecule has 0 saturated carbocycles. The van der Waals surface area contributed by atoms with E-state index in [-0.39, 0.29) is 5.41 Å². The van der Waals surface area contributed by atoms with Crippen LogP contribution in [0.4, 0.5) is 0 Å². The summed E-state index contributed by atoms with van der Waals surface area (Å²) >= 11 is 0. The van der Waals surface area contributed by atoms with E-state index < -0.39 is 0 Å². The third-order valence-electron chi connectivity index (χ3n) is 11.9. The van der Waals surface area contributed by atoms with Gasteiger partial charge < -0.3 is 0 Å². The van der Waals surface area contributed by atoms with Crippen LogP contribution in [0.15, 0.2) is 188 Å². The fraction of sp³-hybridized carbons (Fsp3) is 0.0556. The summed E-state index contributed by atoms with van der Waals surface area (Å²) in [5, 5.41) is 6.96. The van der Waals surface area contributed by atoms with Crippen molar-refractivity contribution in [2.45, 2.75) is 19.3 Å². The van der Waals surface area contributed by atoms with Gasteiger partial charge in [-0.3, -0.25) is 0 Å². The third-order valence-corrected chi connectivity index (χ3v) is 11.9. The first-order chi connectivity index (χ1) is 28.0. The lowest BCUT2D eigenvalue weighted by atomic mass is 9.82. The second-order valence-electron chi connectivity index (χ2n) is 15.5. The molecule has 0 aliphatic heterocycles. The van der Waals surface area contributed by atoms with Crippen LogP contribution in [0.2, 0.25) is 0 Å². The number of aromatic nitrogens is 3. The second-order valence-corrected chi connectivity index (χ2v) is 15.5. The highest BCUT2D eigenvalue weighted by Gasteiger charge is 2.37. The number of benzene rings is 9. The summed E-state index contributed by atoms with van der Waals surface area (Å²) in [5.74, 6) is 1.96. The molecular formula is C54H37N3. The number of nitrogens with zero attached hydrogens (tertiary/aromatic N) is 3. The zero-order chi connectivity index (χ0) is 38.1. The van der Waals surface area contributed by atoms with Gasteiger partial charge in [0.1, 0.15) is 0 Å². The number of rotatable bonds is 5. The minimum atomic E-state index is -0.158. The Kier molecular flexibility index (Phi) is 7.52. The van der Waals surface area contributed by atoms with Gasteiger partial charge in [0.2, 0.25) is 0 Å². The maximum absolute atomic E-state index is 5.52. The first kappa shape index (κ1) is 33.1. The van der Waals surface area contributed by atoms with Crippen LogP contribution in [0.1, 0.15) is 25.0 Å². The van der Waals surface area contributed by atoms with Crippen molar-refractivity contribution in [3.63, 3.8) is 0 Å². The Balaban J connectivity index is 1.24. The standard InChI is InChI=1S/C54H37N3/c1-54(2)45-26-14-13-24-42(45)48-44(25-15-27-46(48)54)52-55-51(38-30-28-35(29-31-38)34-16-5-3-6-17-34)56-53(57-52)50-41-23-12-11-22-40(41)47(37-19-7-4-8-20-37)49-39-21-10-9-18-36(39)32-33-43(49)50/h3-33H,1-2H3. The Morgan fingerprint density at radius 1 is 0.316 bits per heavy atom. The van der Waals surface area contributed by atoms with Crippen molar-refractivity contribution in [1.82, 2.24) is 15.0 Å². The first-order valence-corrected chi connectivity index (χ1v) is 19.6. The van der Waals surface area contributed by atoms with Crippen LogP contribution in [0.5, 0.6) is 0 Å². The minimum absolute atomic E-state index is 0.158. The molecule has 1 aromatic heterocycles. The lowest BCUT2D eigenvalue weighted by molar-refractivity contribution is 0.660. The van der Waals surface area contributed by atoms with Crippen molar-refractivity contribution in [1.29, 1.82) is 0 Å². The van der Waals surface area contributed by atoms with Gasteiger partial charge in [-0.15, -0.1) is 0 Å². The summed E-state index contributed by atoms with van der Waals surface area (Å²) in [4.78, 5) is 16.3. The van der Waals surface area contributed by atoms with Crippen LogP contribution >= 0.6 is 0 Å². The molecule has 10 aromatic rings. The topological polar surface area (TPSA) is 38.7 Å². The Morgan fingerprint density at radius 2 is 0.860 bits per heavy atom. The SMILES string of the molecule is CC1(C)c2ccccc2-c2c(-c3nc(-c4ccc(-c5ccccc5)cc4)nc(-c4c5ccccc5c(-c5ccccc5)c5c4ccc4ccccc45)n3)cccc21. The fourth-order valence-corrected chi connectivity index (χ4v) is 9.21. The highest BCUT2D eigenvalue weighted by molar-refractivity contribution is 6.27. The average Bonchev–Trinajstić information content (AvgIpc) is 3.51. The van der Waals surface area contributed by atoms with E-state index >= 15 is 0 Å². The van der Waals surface area contributed by atoms with Crippen LogP contribution < -0.4 is 0 Å². The molecule has 0 fully saturated rings. The zero-order valence-electron chi connectivity index (χ0n) is 31.7. The largest absolute Gasteiger partial charge is 0.208 e. The Hall–Kier alpha value is -7.23. The summed E-state index contributed by atoms with van der Waals surface area (Å²) in [5.41, 5.74) is 12.5. The van der Waals surface area contributed by atoms with Crippen LogP contribution in [0.25, 0.3) is 99.9 Å². The zero-order valence-corrected chi connectivity index (χ0v) is 31.7. The molecule has 3 nitrogen and oxygen atoms in total.